The van der Waals surface area contributed by atoms with Crippen LogP contribution in [0.1, 0.15) is 29.8 Å². The Labute approximate surface area is 137 Å². The van der Waals surface area contributed by atoms with E-state index in [1.54, 1.807) is 12.1 Å². The van der Waals surface area contributed by atoms with E-state index in [2.05, 4.69) is 18.7 Å². The fraction of sp³-hybridized carbons (Fsp3) is 0.316. The van der Waals surface area contributed by atoms with E-state index in [1.165, 1.54) is 5.56 Å². The van der Waals surface area contributed by atoms with Gasteiger partial charge in [-0.3, -0.25) is 0 Å². The summed E-state index contributed by atoms with van der Waals surface area (Å²) >= 11 is 0. The first-order chi connectivity index (χ1) is 11.0. The zero-order chi connectivity index (χ0) is 16.8. The number of nitrogen functional groups attached to an aromatic ring is 1. The first-order valence-corrected chi connectivity index (χ1v) is 7.99. The standard InChI is InChI=1S/C19H24N2O2/c1-3-21(4-2)12-11-16-13-17(20)9-10-18(16)14-5-7-15(8-6-14)19(22)23/h5-10,13H,3-4,11-12,20H2,1-2H3,(H,22,23). The molecule has 4 heteroatoms. The number of hydrogen-bond acceptors (Lipinski definition) is 3. The van der Waals surface area contributed by atoms with Gasteiger partial charge >= 0.3 is 5.97 Å². The molecule has 23 heavy (non-hydrogen) atoms. The minimum Gasteiger partial charge on any atom is -0.478 e. The smallest absolute Gasteiger partial charge is 0.335 e. The molecule has 122 valence electrons. The van der Waals surface area contributed by atoms with Gasteiger partial charge in [0.25, 0.3) is 0 Å². The molecule has 0 fully saturated rings. The Bertz CT molecular complexity index is 662. The summed E-state index contributed by atoms with van der Waals surface area (Å²) in [6.07, 6.45) is 0.919. The quantitative estimate of drug-likeness (QED) is 0.768. The molecule has 0 heterocycles. The molecule has 0 atom stereocenters. The Hall–Kier alpha value is -2.33. The summed E-state index contributed by atoms with van der Waals surface area (Å²) in [4.78, 5) is 13.4. The number of benzene rings is 2. The largest absolute Gasteiger partial charge is 0.478 e. The van der Waals surface area contributed by atoms with Crippen LogP contribution in [0.2, 0.25) is 0 Å². The molecule has 0 aromatic heterocycles. The summed E-state index contributed by atoms with van der Waals surface area (Å²) in [6.45, 7) is 7.36. The molecule has 4 nitrogen and oxygen atoms in total. The summed E-state index contributed by atoms with van der Waals surface area (Å²) in [5.74, 6) is -0.907. The predicted octanol–water partition coefficient (Wildman–Crippen LogP) is 3.52. The van der Waals surface area contributed by atoms with E-state index in [0.29, 0.717) is 5.56 Å². The van der Waals surface area contributed by atoms with Gasteiger partial charge in [-0.15, -0.1) is 0 Å². The molecule has 0 bridgehead atoms. The van der Waals surface area contributed by atoms with E-state index in [-0.39, 0.29) is 0 Å². The van der Waals surface area contributed by atoms with Crippen LogP contribution in [0.25, 0.3) is 11.1 Å². The summed E-state index contributed by atoms with van der Waals surface area (Å²) in [5.41, 5.74) is 10.3. The van der Waals surface area contributed by atoms with Gasteiger partial charge in [0.1, 0.15) is 0 Å². The van der Waals surface area contributed by atoms with Gasteiger partial charge in [-0.25, -0.2) is 4.79 Å². The van der Waals surface area contributed by atoms with Crippen molar-refractivity contribution in [3.05, 3.63) is 53.6 Å². The monoisotopic (exact) mass is 312 g/mol. The van der Waals surface area contributed by atoms with Crippen molar-refractivity contribution in [2.45, 2.75) is 20.3 Å². The highest BCUT2D eigenvalue weighted by molar-refractivity contribution is 5.88. The molecule has 2 aromatic rings. The number of aromatic carboxylic acids is 1. The normalized spacial score (nSPS) is 10.9. The van der Waals surface area contributed by atoms with Crippen molar-refractivity contribution in [3.63, 3.8) is 0 Å². The number of carboxylic acid groups (broad SMARTS) is 1. The number of nitrogens with two attached hydrogens (primary N) is 1. The molecule has 0 unspecified atom stereocenters. The second kappa shape index (κ2) is 7.79. The molecule has 2 rings (SSSR count). The minimum absolute atomic E-state index is 0.300. The molecule has 0 radical (unpaired) electrons. The second-order valence-electron chi connectivity index (χ2n) is 5.58. The maximum Gasteiger partial charge on any atom is 0.335 e. The molecule has 3 N–H and O–H groups in total. The Morgan fingerprint density at radius 2 is 1.74 bits per heavy atom. The van der Waals surface area contributed by atoms with Crippen LogP contribution in [0.3, 0.4) is 0 Å². The van der Waals surface area contributed by atoms with Gasteiger partial charge in [-0.1, -0.05) is 32.0 Å². The molecule has 2 aromatic carbocycles. The number of rotatable bonds is 7. The molecule has 0 aliphatic carbocycles. The highest BCUT2D eigenvalue weighted by atomic mass is 16.4. The maximum absolute atomic E-state index is 11.0. The molecule has 0 aliphatic heterocycles. The zero-order valence-electron chi connectivity index (χ0n) is 13.7. The van der Waals surface area contributed by atoms with Crippen LogP contribution in [-0.4, -0.2) is 35.6 Å². The number of carbonyl (C=O) groups is 1. The number of likely N-dealkylation sites (N-methyl/N-ethyl adjacent to an activating group) is 1. The van der Waals surface area contributed by atoms with E-state index in [1.807, 2.05) is 30.3 Å². The molecule has 0 aliphatic rings. The molecule has 0 amide bonds. The van der Waals surface area contributed by atoms with E-state index in [9.17, 15) is 4.79 Å². The average molecular weight is 312 g/mol. The third kappa shape index (κ3) is 4.33. The number of hydrogen-bond donors (Lipinski definition) is 2. The van der Waals surface area contributed by atoms with Crippen molar-refractivity contribution in [1.82, 2.24) is 4.90 Å². The lowest BCUT2D eigenvalue weighted by atomic mass is 9.96. The van der Waals surface area contributed by atoms with Gasteiger partial charge in [0.05, 0.1) is 5.56 Å². The molecular weight excluding hydrogens is 288 g/mol. The first kappa shape index (κ1) is 17.0. The fourth-order valence-corrected chi connectivity index (χ4v) is 2.71. The van der Waals surface area contributed by atoms with Gasteiger partial charge in [-0.05, 0) is 60.5 Å². The van der Waals surface area contributed by atoms with Crippen molar-refractivity contribution < 1.29 is 9.90 Å². The fourth-order valence-electron chi connectivity index (χ4n) is 2.71. The lowest BCUT2D eigenvalue weighted by molar-refractivity contribution is 0.0697. The van der Waals surface area contributed by atoms with Crippen LogP contribution in [0.4, 0.5) is 5.69 Å². The summed E-state index contributed by atoms with van der Waals surface area (Å²) < 4.78 is 0. The minimum atomic E-state index is -0.907. The number of carboxylic acids is 1. The Balaban J connectivity index is 2.29. The van der Waals surface area contributed by atoms with Gasteiger partial charge in [-0.2, -0.15) is 0 Å². The van der Waals surface area contributed by atoms with E-state index in [4.69, 9.17) is 10.8 Å². The van der Waals surface area contributed by atoms with Crippen LogP contribution in [0.5, 0.6) is 0 Å². The summed E-state index contributed by atoms with van der Waals surface area (Å²) in [6, 6.07) is 12.9. The highest BCUT2D eigenvalue weighted by Crippen LogP contribution is 2.26. The maximum atomic E-state index is 11.0. The highest BCUT2D eigenvalue weighted by Gasteiger charge is 2.09. The first-order valence-electron chi connectivity index (χ1n) is 7.99. The van der Waals surface area contributed by atoms with Gasteiger partial charge in [0.15, 0.2) is 0 Å². The predicted molar refractivity (Wildman–Crippen MR) is 94.7 cm³/mol. The van der Waals surface area contributed by atoms with E-state index < -0.39 is 5.97 Å². The van der Waals surface area contributed by atoms with Crippen LogP contribution in [0.15, 0.2) is 42.5 Å². The van der Waals surface area contributed by atoms with Crippen molar-refractivity contribution in [2.24, 2.45) is 0 Å². The zero-order valence-corrected chi connectivity index (χ0v) is 13.7. The van der Waals surface area contributed by atoms with Gasteiger partial charge < -0.3 is 15.7 Å². The van der Waals surface area contributed by atoms with E-state index >= 15 is 0 Å². The van der Waals surface area contributed by atoms with Crippen molar-refractivity contribution in [2.75, 3.05) is 25.4 Å². The number of anilines is 1. The average Bonchev–Trinajstić information content (AvgIpc) is 2.56. The molecule has 0 spiro atoms. The lowest BCUT2D eigenvalue weighted by Crippen LogP contribution is -2.25. The Morgan fingerprint density at radius 3 is 2.30 bits per heavy atom. The van der Waals surface area contributed by atoms with Crippen LogP contribution >= 0.6 is 0 Å². The topological polar surface area (TPSA) is 66.6 Å². The van der Waals surface area contributed by atoms with Crippen LogP contribution in [-0.2, 0) is 6.42 Å². The van der Waals surface area contributed by atoms with Crippen LogP contribution in [0, 0.1) is 0 Å². The third-order valence-electron chi connectivity index (χ3n) is 4.16. The van der Waals surface area contributed by atoms with Gasteiger partial charge in [0.2, 0.25) is 0 Å². The molecule has 0 saturated heterocycles. The summed E-state index contributed by atoms with van der Waals surface area (Å²) in [5, 5.41) is 9.01. The molecular formula is C19H24N2O2. The van der Waals surface area contributed by atoms with E-state index in [0.717, 1.165) is 42.9 Å². The summed E-state index contributed by atoms with van der Waals surface area (Å²) in [7, 11) is 0. The Kier molecular flexibility index (Phi) is 5.77. The molecule has 0 saturated carbocycles. The SMILES string of the molecule is CCN(CC)CCc1cc(N)ccc1-c1ccc(C(=O)O)cc1. The third-order valence-corrected chi connectivity index (χ3v) is 4.16. The Morgan fingerprint density at radius 1 is 1.09 bits per heavy atom. The van der Waals surface area contributed by atoms with Crippen LogP contribution < -0.4 is 5.73 Å². The lowest BCUT2D eigenvalue weighted by Gasteiger charge is -2.19. The van der Waals surface area contributed by atoms with Gasteiger partial charge in [0, 0.05) is 12.2 Å². The second-order valence-corrected chi connectivity index (χ2v) is 5.58. The number of nitrogens with zero attached hydrogens (tertiary/aromatic N) is 1. The van der Waals surface area contributed by atoms with Crippen molar-refractivity contribution in [3.8, 4) is 11.1 Å². The van der Waals surface area contributed by atoms with Crippen molar-refractivity contribution >= 4 is 11.7 Å². The van der Waals surface area contributed by atoms with Crippen molar-refractivity contribution in [1.29, 1.82) is 0 Å².